The Hall–Kier alpha value is -1.80. The van der Waals surface area contributed by atoms with Crippen LogP contribution in [0.2, 0.25) is 0 Å². The fraction of sp³-hybridized carbons (Fsp3) is 0.357. The summed E-state index contributed by atoms with van der Waals surface area (Å²) in [5.41, 5.74) is 0.326. The van der Waals surface area contributed by atoms with Gasteiger partial charge in [-0.25, -0.2) is 0 Å². The monoisotopic (exact) mass is 311 g/mol. The molecule has 0 aromatic heterocycles. The number of hydrogen-bond acceptors (Lipinski definition) is 6. The molecule has 0 atom stereocenters. The number of nitrogens with zero attached hydrogens (tertiary/aromatic N) is 1. The number of hydrogen-bond donors (Lipinski definition) is 1. The van der Waals surface area contributed by atoms with Crippen LogP contribution < -0.4 is 4.74 Å². The van der Waals surface area contributed by atoms with Gasteiger partial charge in [0.1, 0.15) is 17.6 Å². The van der Waals surface area contributed by atoms with E-state index in [0.717, 1.165) is 0 Å². The van der Waals surface area contributed by atoms with E-state index >= 15 is 0 Å². The number of ether oxygens (including phenoxy) is 1. The van der Waals surface area contributed by atoms with E-state index in [9.17, 15) is 14.9 Å². The van der Waals surface area contributed by atoms with Crippen LogP contribution in [0.5, 0.6) is 5.75 Å². The van der Waals surface area contributed by atoms with Gasteiger partial charge in [0, 0.05) is 5.56 Å². The molecule has 0 saturated carbocycles. The van der Waals surface area contributed by atoms with E-state index in [4.69, 9.17) is 13.8 Å². The van der Waals surface area contributed by atoms with E-state index < -0.39 is 18.7 Å². The molecule has 0 heterocycles. The summed E-state index contributed by atoms with van der Waals surface area (Å²) in [6.45, 7) is 3.45. The highest BCUT2D eigenvalue weighted by Crippen LogP contribution is 2.57. The molecule has 0 spiro atoms. The van der Waals surface area contributed by atoms with Gasteiger partial charge in [-0.05, 0) is 38.1 Å². The number of benzene rings is 1. The molecule has 0 saturated heterocycles. The Bertz CT molecular complexity index is 578. The molecule has 0 radical (unpaired) electrons. The largest absolute Gasteiger partial charge is 0.506 e. The Morgan fingerprint density at radius 3 is 2.14 bits per heavy atom. The fourth-order valence-electron chi connectivity index (χ4n) is 1.64. The van der Waals surface area contributed by atoms with Gasteiger partial charge in [-0.15, -0.1) is 0 Å². The first kappa shape index (κ1) is 17.3. The number of methoxy groups -OCH3 is 1. The molecule has 0 bridgehead atoms. The molecule has 7 heteroatoms. The Morgan fingerprint density at radius 2 is 1.76 bits per heavy atom. The van der Waals surface area contributed by atoms with E-state index in [1.54, 1.807) is 44.2 Å². The zero-order chi connectivity index (χ0) is 15.9. The van der Waals surface area contributed by atoms with Crippen LogP contribution >= 0.6 is 7.60 Å². The second-order valence-corrected chi connectivity index (χ2v) is 5.83. The summed E-state index contributed by atoms with van der Waals surface area (Å²) in [5, 5.41) is 19.0. The van der Waals surface area contributed by atoms with Gasteiger partial charge in [-0.3, -0.25) is 4.57 Å². The van der Waals surface area contributed by atoms with Crippen molar-refractivity contribution >= 4 is 13.4 Å². The van der Waals surface area contributed by atoms with Crippen LogP contribution in [0.4, 0.5) is 0 Å². The van der Waals surface area contributed by atoms with Crippen molar-refractivity contribution in [3.63, 3.8) is 0 Å². The predicted molar refractivity (Wildman–Crippen MR) is 79.0 cm³/mol. The summed E-state index contributed by atoms with van der Waals surface area (Å²) in [4.78, 5) is 0. The van der Waals surface area contributed by atoms with E-state index in [1.807, 2.05) is 0 Å². The maximum atomic E-state index is 12.6. The second-order valence-electron chi connectivity index (χ2n) is 3.87. The molecule has 1 rings (SSSR count). The lowest BCUT2D eigenvalue weighted by Gasteiger charge is -2.17. The molecule has 6 nitrogen and oxygen atoms in total. The summed E-state index contributed by atoms with van der Waals surface area (Å²) in [6, 6.07) is 8.06. The SMILES string of the molecule is CCOP(=O)(OCC)/C(C#N)=C(\O)c1ccc(OC)cc1. The first-order valence-corrected chi connectivity index (χ1v) is 7.94. The molecular formula is C14H18NO5P. The van der Waals surface area contributed by atoms with E-state index in [0.29, 0.717) is 11.3 Å². The molecule has 0 amide bonds. The molecule has 1 aromatic rings. The van der Waals surface area contributed by atoms with Crippen molar-refractivity contribution < 1.29 is 23.5 Å². The van der Waals surface area contributed by atoms with Crippen molar-refractivity contribution in [1.82, 2.24) is 0 Å². The Kier molecular flexibility index (Phi) is 6.44. The van der Waals surface area contributed by atoms with Crippen molar-refractivity contribution in [3.05, 3.63) is 35.1 Å². The second kappa shape index (κ2) is 7.84. The van der Waals surface area contributed by atoms with Gasteiger partial charge >= 0.3 is 7.60 Å². The third-order valence-electron chi connectivity index (χ3n) is 2.57. The Morgan fingerprint density at radius 1 is 1.24 bits per heavy atom. The van der Waals surface area contributed by atoms with Crippen LogP contribution in [0.1, 0.15) is 19.4 Å². The number of aliphatic hydroxyl groups excluding tert-OH is 1. The molecule has 0 aliphatic heterocycles. The lowest BCUT2D eigenvalue weighted by atomic mass is 10.2. The van der Waals surface area contributed by atoms with Gasteiger partial charge < -0.3 is 18.9 Å². The summed E-state index contributed by atoms with van der Waals surface area (Å²) in [6.07, 6.45) is 0. The van der Waals surface area contributed by atoms with Crippen LogP contribution in [0.25, 0.3) is 5.76 Å². The minimum Gasteiger partial charge on any atom is -0.506 e. The number of aliphatic hydroxyl groups is 1. The molecule has 114 valence electrons. The third kappa shape index (κ3) is 4.08. The standard InChI is InChI=1S/C14H18NO5P/c1-4-19-21(17,20-5-2)13(10-15)14(16)11-6-8-12(18-3)9-7-11/h6-9,16H,4-5H2,1-3H3/b14-13-. The molecule has 0 unspecified atom stereocenters. The van der Waals surface area contributed by atoms with Crippen molar-refractivity contribution in [2.24, 2.45) is 0 Å². The van der Waals surface area contributed by atoms with Crippen molar-refractivity contribution in [1.29, 1.82) is 5.26 Å². The maximum absolute atomic E-state index is 12.6. The first-order chi connectivity index (χ1) is 10.0. The fourth-order valence-corrected chi connectivity index (χ4v) is 3.16. The van der Waals surface area contributed by atoms with Crippen LogP contribution in [-0.4, -0.2) is 25.4 Å². The van der Waals surface area contributed by atoms with Gasteiger partial charge in [-0.1, -0.05) is 0 Å². The molecule has 0 fully saturated rings. The van der Waals surface area contributed by atoms with E-state index in [2.05, 4.69) is 0 Å². The van der Waals surface area contributed by atoms with Gasteiger partial charge in [-0.2, -0.15) is 5.26 Å². The molecule has 1 N–H and O–H groups in total. The highest BCUT2D eigenvalue weighted by atomic mass is 31.2. The quantitative estimate of drug-likeness (QED) is 0.469. The highest BCUT2D eigenvalue weighted by molar-refractivity contribution is 7.59. The first-order valence-electron chi connectivity index (χ1n) is 6.39. The Labute approximate surface area is 124 Å². The van der Waals surface area contributed by atoms with Crippen molar-refractivity contribution in [2.45, 2.75) is 13.8 Å². The average molecular weight is 311 g/mol. The zero-order valence-corrected chi connectivity index (χ0v) is 13.1. The molecule has 0 aliphatic carbocycles. The summed E-state index contributed by atoms with van der Waals surface area (Å²) >= 11 is 0. The van der Waals surface area contributed by atoms with Crippen LogP contribution in [0.3, 0.4) is 0 Å². The number of allylic oxidation sites excluding steroid dienone is 1. The lowest BCUT2D eigenvalue weighted by Crippen LogP contribution is -2.00. The third-order valence-corrected chi connectivity index (χ3v) is 4.62. The minimum absolute atomic E-state index is 0.0956. The van der Waals surface area contributed by atoms with Crippen LogP contribution in [-0.2, 0) is 13.6 Å². The summed E-state index contributed by atoms with van der Waals surface area (Å²) < 4.78 is 27.7. The maximum Gasteiger partial charge on any atom is 0.375 e. The van der Waals surface area contributed by atoms with Crippen LogP contribution in [0, 0.1) is 11.3 Å². The van der Waals surface area contributed by atoms with Crippen LogP contribution in [0.15, 0.2) is 29.6 Å². The summed E-state index contributed by atoms with van der Waals surface area (Å²) in [5.74, 6) is 0.174. The normalized spacial score (nSPS) is 12.5. The molecule has 21 heavy (non-hydrogen) atoms. The minimum atomic E-state index is -3.83. The Balaban J connectivity index is 3.31. The number of nitriles is 1. The molecule has 1 aromatic carbocycles. The molecular weight excluding hydrogens is 293 g/mol. The van der Waals surface area contributed by atoms with Gasteiger partial charge in [0.05, 0.1) is 20.3 Å². The lowest BCUT2D eigenvalue weighted by molar-refractivity contribution is 0.227. The van der Waals surface area contributed by atoms with Crippen molar-refractivity contribution in [2.75, 3.05) is 20.3 Å². The number of rotatable bonds is 7. The van der Waals surface area contributed by atoms with Gasteiger partial charge in [0.2, 0.25) is 0 Å². The van der Waals surface area contributed by atoms with Gasteiger partial charge in [0.25, 0.3) is 0 Å². The van der Waals surface area contributed by atoms with E-state index in [-0.39, 0.29) is 13.2 Å². The smallest absolute Gasteiger partial charge is 0.375 e. The topological polar surface area (TPSA) is 88.8 Å². The van der Waals surface area contributed by atoms with E-state index in [1.165, 1.54) is 7.11 Å². The van der Waals surface area contributed by atoms with Gasteiger partial charge in [0.15, 0.2) is 5.31 Å². The predicted octanol–water partition coefficient (Wildman–Crippen LogP) is 3.71. The average Bonchev–Trinajstić information content (AvgIpc) is 2.48. The summed E-state index contributed by atoms with van der Waals surface area (Å²) in [7, 11) is -2.31. The zero-order valence-electron chi connectivity index (χ0n) is 12.2. The van der Waals surface area contributed by atoms with Crippen molar-refractivity contribution in [3.8, 4) is 11.8 Å². The highest BCUT2D eigenvalue weighted by Gasteiger charge is 2.33. The molecule has 0 aliphatic rings.